The molecule has 0 bridgehead atoms. The minimum Gasteiger partial charge on any atom is -0.454 e. The van der Waals surface area contributed by atoms with E-state index in [1.54, 1.807) is 30.5 Å². The van der Waals surface area contributed by atoms with Gasteiger partial charge in [-0.25, -0.2) is 4.98 Å². The lowest BCUT2D eigenvalue weighted by molar-refractivity contribution is 0.102. The first-order chi connectivity index (χ1) is 9.65. The lowest BCUT2D eigenvalue weighted by Gasteiger charge is -2.08. The van der Waals surface area contributed by atoms with Crippen molar-refractivity contribution in [2.24, 2.45) is 0 Å². The first kappa shape index (κ1) is 13.2. The van der Waals surface area contributed by atoms with Crippen LogP contribution in [0.15, 0.2) is 34.9 Å². The molecule has 1 aromatic heterocycles. The fourth-order valence-corrected chi connectivity index (χ4v) is 2.38. The molecule has 3 rings (SSSR count). The van der Waals surface area contributed by atoms with E-state index in [9.17, 15) is 4.79 Å². The van der Waals surface area contributed by atoms with Gasteiger partial charge in [0.2, 0.25) is 6.79 Å². The predicted molar refractivity (Wildman–Crippen MR) is 77.5 cm³/mol. The average Bonchev–Trinajstić information content (AvgIpc) is 2.86. The number of aromatic nitrogens is 1. The summed E-state index contributed by atoms with van der Waals surface area (Å²) in [6.07, 6.45) is 1.54. The second-order valence-electron chi connectivity index (χ2n) is 3.97. The fourth-order valence-electron chi connectivity index (χ4n) is 1.75. The van der Waals surface area contributed by atoms with Crippen LogP contribution in [-0.2, 0) is 0 Å². The summed E-state index contributed by atoms with van der Waals surface area (Å²) in [5.41, 5.74) is 0.722. The molecule has 0 saturated carbocycles. The molecule has 2 heterocycles. The Labute approximate surface area is 128 Å². The van der Waals surface area contributed by atoms with Crippen molar-refractivity contribution >= 4 is 39.1 Å². The molecule has 1 aliphatic rings. The SMILES string of the molecule is O=C(Nc1cc2c(cc1Cl)OCO2)c1ncccc1Br. The second-order valence-corrected chi connectivity index (χ2v) is 5.23. The van der Waals surface area contributed by atoms with Gasteiger partial charge in [-0.05, 0) is 28.1 Å². The molecule has 1 aliphatic heterocycles. The van der Waals surface area contributed by atoms with Gasteiger partial charge in [0.25, 0.3) is 5.91 Å². The summed E-state index contributed by atoms with van der Waals surface area (Å²) in [6.45, 7) is 0.148. The fraction of sp³-hybridized carbons (Fsp3) is 0.0769. The minimum atomic E-state index is -0.363. The van der Waals surface area contributed by atoms with Gasteiger partial charge in [-0.15, -0.1) is 0 Å². The molecule has 0 radical (unpaired) electrons. The molecule has 0 unspecified atom stereocenters. The summed E-state index contributed by atoms with van der Waals surface area (Å²) < 4.78 is 11.1. The van der Waals surface area contributed by atoms with Gasteiger partial charge >= 0.3 is 0 Å². The van der Waals surface area contributed by atoms with Crippen molar-refractivity contribution in [1.82, 2.24) is 4.98 Å². The Morgan fingerprint density at radius 1 is 1.35 bits per heavy atom. The van der Waals surface area contributed by atoms with Gasteiger partial charge < -0.3 is 14.8 Å². The third-order valence-electron chi connectivity index (χ3n) is 2.68. The quantitative estimate of drug-likeness (QED) is 0.896. The Balaban J connectivity index is 1.88. The highest BCUT2D eigenvalue weighted by molar-refractivity contribution is 9.10. The molecule has 0 fully saturated rings. The molecule has 102 valence electrons. The van der Waals surface area contributed by atoms with Crippen LogP contribution in [0.4, 0.5) is 5.69 Å². The van der Waals surface area contributed by atoms with Crippen LogP contribution in [0.25, 0.3) is 0 Å². The summed E-state index contributed by atoms with van der Waals surface area (Å²) in [5.74, 6) is 0.745. The number of halogens is 2. The molecular weight excluding hydrogens is 348 g/mol. The van der Waals surface area contributed by atoms with Crippen LogP contribution in [0.3, 0.4) is 0 Å². The first-order valence-electron chi connectivity index (χ1n) is 5.66. The number of carbonyl (C=O) groups excluding carboxylic acids is 1. The normalized spacial score (nSPS) is 12.3. The molecule has 0 spiro atoms. The highest BCUT2D eigenvalue weighted by atomic mass is 79.9. The number of fused-ring (bicyclic) bond motifs is 1. The van der Waals surface area contributed by atoms with Crippen molar-refractivity contribution in [3.63, 3.8) is 0 Å². The Hall–Kier alpha value is -1.79. The Kier molecular flexibility index (Phi) is 3.50. The molecule has 1 aromatic carbocycles. The van der Waals surface area contributed by atoms with Crippen LogP contribution in [0.2, 0.25) is 5.02 Å². The van der Waals surface area contributed by atoms with E-state index in [0.29, 0.717) is 26.7 Å². The lowest BCUT2D eigenvalue weighted by atomic mass is 10.2. The minimum absolute atomic E-state index is 0.148. The molecular formula is C13H8BrClN2O3. The number of rotatable bonds is 2. The number of anilines is 1. The van der Waals surface area contributed by atoms with Gasteiger partial charge in [0, 0.05) is 22.8 Å². The second kappa shape index (κ2) is 5.30. The van der Waals surface area contributed by atoms with Crippen molar-refractivity contribution in [3.8, 4) is 11.5 Å². The summed E-state index contributed by atoms with van der Waals surface area (Å²) in [4.78, 5) is 16.2. The smallest absolute Gasteiger partial charge is 0.275 e. The third-order valence-corrected chi connectivity index (χ3v) is 3.64. The van der Waals surface area contributed by atoms with E-state index < -0.39 is 0 Å². The molecule has 0 aliphatic carbocycles. The largest absolute Gasteiger partial charge is 0.454 e. The van der Waals surface area contributed by atoms with Crippen molar-refractivity contribution in [3.05, 3.63) is 45.7 Å². The van der Waals surface area contributed by atoms with Gasteiger partial charge in [0.05, 0.1) is 10.7 Å². The molecule has 20 heavy (non-hydrogen) atoms. The van der Waals surface area contributed by atoms with E-state index in [2.05, 4.69) is 26.2 Å². The van der Waals surface area contributed by atoms with Crippen LogP contribution in [-0.4, -0.2) is 17.7 Å². The average molecular weight is 356 g/mol. The van der Waals surface area contributed by atoms with Crippen LogP contribution >= 0.6 is 27.5 Å². The third kappa shape index (κ3) is 2.44. The molecule has 5 nitrogen and oxygen atoms in total. The maximum atomic E-state index is 12.2. The topological polar surface area (TPSA) is 60.5 Å². The van der Waals surface area contributed by atoms with Gasteiger partial charge in [0.15, 0.2) is 11.5 Å². The van der Waals surface area contributed by atoms with E-state index in [1.165, 1.54) is 0 Å². The van der Waals surface area contributed by atoms with E-state index in [1.807, 2.05) is 0 Å². The number of amides is 1. The Bertz CT molecular complexity index is 693. The number of ether oxygens (including phenoxy) is 2. The van der Waals surface area contributed by atoms with Crippen molar-refractivity contribution in [1.29, 1.82) is 0 Å². The van der Waals surface area contributed by atoms with Gasteiger partial charge in [-0.1, -0.05) is 11.6 Å². The number of nitrogens with one attached hydrogen (secondary N) is 1. The van der Waals surface area contributed by atoms with E-state index in [0.717, 1.165) is 0 Å². The maximum absolute atomic E-state index is 12.2. The summed E-state index contributed by atoms with van der Waals surface area (Å²) in [7, 11) is 0. The van der Waals surface area contributed by atoms with Crippen LogP contribution in [0.1, 0.15) is 10.5 Å². The maximum Gasteiger partial charge on any atom is 0.275 e. The standard InChI is InChI=1S/C13H8BrClN2O3/c14-7-2-1-3-16-12(7)13(18)17-9-5-11-10(4-8(9)15)19-6-20-11/h1-5H,6H2,(H,17,18). The first-order valence-corrected chi connectivity index (χ1v) is 6.83. The highest BCUT2D eigenvalue weighted by Gasteiger charge is 2.19. The molecule has 7 heteroatoms. The zero-order chi connectivity index (χ0) is 14.1. The highest BCUT2D eigenvalue weighted by Crippen LogP contribution is 2.39. The number of pyridine rings is 1. The van der Waals surface area contributed by atoms with Crippen LogP contribution in [0, 0.1) is 0 Å². The van der Waals surface area contributed by atoms with Crippen molar-refractivity contribution in [2.75, 3.05) is 12.1 Å². The lowest BCUT2D eigenvalue weighted by Crippen LogP contribution is -2.14. The van der Waals surface area contributed by atoms with Gasteiger partial charge in [-0.3, -0.25) is 4.79 Å². The number of carbonyl (C=O) groups is 1. The van der Waals surface area contributed by atoms with E-state index in [-0.39, 0.29) is 18.4 Å². The number of benzene rings is 1. The summed E-state index contributed by atoms with van der Waals surface area (Å²) in [5, 5.41) is 3.07. The Morgan fingerprint density at radius 3 is 2.85 bits per heavy atom. The van der Waals surface area contributed by atoms with Crippen LogP contribution < -0.4 is 14.8 Å². The molecule has 0 saturated heterocycles. The number of hydrogen-bond acceptors (Lipinski definition) is 4. The molecule has 1 N–H and O–H groups in total. The van der Waals surface area contributed by atoms with Crippen LogP contribution in [0.5, 0.6) is 11.5 Å². The molecule has 0 atom stereocenters. The number of hydrogen-bond donors (Lipinski definition) is 1. The van der Waals surface area contributed by atoms with Gasteiger partial charge in [0.1, 0.15) is 5.69 Å². The summed E-state index contributed by atoms with van der Waals surface area (Å²) in [6, 6.07) is 6.70. The van der Waals surface area contributed by atoms with E-state index >= 15 is 0 Å². The Morgan fingerprint density at radius 2 is 2.10 bits per heavy atom. The van der Waals surface area contributed by atoms with Crippen molar-refractivity contribution in [2.45, 2.75) is 0 Å². The molecule has 2 aromatic rings. The summed E-state index contributed by atoms with van der Waals surface area (Å²) >= 11 is 9.37. The number of nitrogens with zero attached hydrogens (tertiary/aromatic N) is 1. The van der Waals surface area contributed by atoms with E-state index in [4.69, 9.17) is 21.1 Å². The zero-order valence-corrected chi connectivity index (χ0v) is 12.4. The zero-order valence-electron chi connectivity index (χ0n) is 10.0. The monoisotopic (exact) mass is 354 g/mol. The predicted octanol–water partition coefficient (Wildman–Crippen LogP) is 3.48. The van der Waals surface area contributed by atoms with Gasteiger partial charge in [-0.2, -0.15) is 0 Å². The molecule has 1 amide bonds. The van der Waals surface area contributed by atoms with Crippen molar-refractivity contribution < 1.29 is 14.3 Å².